The molecule has 1 saturated heterocycles. The van der Waals surface area contributed by atoms with E-state index in [1.807, 2.05) is 19.1 Å². The summed E-state index contributed by atoms with van der Waals surface area (Å²) in [6.45, 7) is 3.88. The molecule has 6 heteroatoms. The van der Waals surface area contributed by atoms with Crippen LogP contribution in [0.3, 0.4) is 0 Å². The second-order valence-electron chi connectivity index (χ2n) is 7.56. The van der Waals surface area contributed by atoms with E-state index in [0.29, 0.717) is 38.2 Å². The highest BCUT2D eigenvalue weighted by Gasteiger charge is 2.44. The van der Waals surface area contributed by atoms with Crippen LogP contribution in [-0.4, -0.2) is 59.0 Å². The Balaban J connectivity index is 1.40. The van der Waals surface area contributed by atoms with Gasteiger partial charge in [-0.1, -0.05) is 18.2 Å². The van der Waals surface area contributed by atoms with Crippen LogP contribution in [0.15, 0.2) is 42.5 Å². The summed E-state index contributed by atoms with van der Waals surface area (Å²) >= 11 is 0. The Bertz CT molecular complexity index is 904. The summed E-state index contributed by atoms with van der Waals surface area (Å²) in [6, 6.07) is 11.9. The first-order valence-corrected chi connectivity index (χ1v) is 9.57. The molecule has 2 amide bonds. The van der Waals surface area contributed by atoms with Crippen molar-refractivity contribution in [3.8, 4) is 11.1 Å². The largest absolute Gasteiger partial charge is 0.392 e. The third-order valence-electron chi connectivity index (χ3n) is 5.59. The summed E-state index contributed by atoms with van der Waals surface area (Å²) in [5.41, 5.74) is 3.23. The number of aliphatic hydroxyl groups is 1. The van der Waals surface area contributed by atoms with Crippen molar-refractivity contribution in [2.24, 2.45) is 5.92 Å². The van der Waals surface area contributed by atoms with E-state index in [4.69, 9.17) is 0 Å². The van der Waals surface area contributed by atoms with Crippen LogP contribution in [0.2, 0.25) is 0 Å². The van der Waals surface area contributed by atoms with Crippen LogP contribution in [0.1, 0.15) is 22.3 Å². The molecule has 0 aromatic heterocycles. The zero-order valence-corrected chi connectivity index (χ0v) is 15.8. The maximum atomic E-state index is 13.5. The Kier molecular flexibility index (Phi) is 4.89. The molecule has 2 atom stereocenters. The van der Waals surface area contributed by atoms with Crippen molar-refractivity contribution >= 4 is 11.8 Å². The number of rotatable bonds is 3. The molecule has 2 unspecified atom stereocenters. The number of carbonyl (C=O) groups excluding carboxylic acids is 2. The van der Waals surface area contributed by atoms with Gasteiger partial charge in [-0.2, -0.15) is 0 Å². The number of piperazine rings is 1. The second-order valence-corrected chi connectivity index (χ2v) is 7.56. The summed E-state index contributed by atoms with van der Waals surface area (Å²) in [5.74, 6) is -0.608. The van der Waals surface area contributed by atoms with Gasteiger partial charge in [-0.05, 0) is 54.3 Å². The predicted octanol–water partition coefficient (Wildman–Crippen LogP) is 2.47. The average molecular weight is 382 g/mol. The lowest BCUT2D eigenvalue weighted by Gasteiger charge is -2.35. The van der Waals surface area contributed by atoms with Crippen LogP contribution in [0.5, 0.6) is 0 Å². The van der Waals surface area contributed by atoms with Gasteiger partial charge in [0.15, 0.2) is 0 Å². The number of halogens is 1. The van der Waals surface area contributed by atoms with E-state index in [1.165, 1.54) is 12.1 Å². The van der Waals surface area contributed by atoms with Crippen LogP contribution >= 0.6 is 0 Å². The topological polar surface area (TPSA) is 60.9 Å². The molecular formula is C22H23FN2O3. The lowest BCUT2D eigenvalue weighted by atomic mass is 9.99. The third kappa shape index (κ3) is 3.64. The average Bonchev–Trinajstić information content (AvgIpc) is 3.45. The molecule has 1 aliphatic carbocycles. The third-order valence-corrected chi connectivity index (χ3v) is 5.59. The van der Waals surface area contributed by atoms with E-state index in [2.05, 4.69) is 0 Å². The first-order chi connectivity index (χ1) is 13.4. The molecule has 2 fully saturated rings. The molecule has 2 aromatic rings. The normalized spacial score (nSPS) is 21.5. The highest BCUT2D eigenvalue weighted by atomic mass is 19.1. The van der Waals surface area contributed by atoms with Gasteiger partial charge in [0.2, 0.25) is 5.91 Å². The number of benzene rings is 2. The fraction of sp³-hybridized carbons (Fsp3) is 0.364. The molecule has 2 aliphatic rings. The summed E-state index contributed by atoms with van der Waals surface area (Å²) in [6.07, 6.45) is 0.0576. The van der Waals surface area contributed by atoms with Gasteiger partial charge < -0.3 is 14.9 Å². The second kappa shape index (κ2) is 7.36. The highest BCUT2D eigenvalue weighted by molar-refractivity contribution is 5.95. The van der Waals surface area contributed by atoms with Crippen molar-refractivity contribution in [1.29, 1.82) is 0 Å². The number of nitrogens with zero attached hydrogens (tertiary/aromatic N) is 2. The monoisotopic (exact) mass is 382 g/mol. The van der Waals surface area contributed by atoms with Gasteiger partial charge in [0.1, 0.15) is 5.82 Å². The molecule has 4 rings (SSSR count). The van der Waals surface area contributed by atoms with Crippen LogP contribution in [0.25, 0.3) is 11.1 Å². The van der Waals surface area contributed by atoms with Gasteiger partial charge in [0, 0.05) is 31.7 Å². The van der Waals surface area contributed by atoms with E-state index < -0.39 is 6.10 Å². The molecule has 0 spiro atoms. The van der Waals surface area contributed by atoms with Gasteiger partial charge in [0.05, 0.1) is 12.0 Å². The number of amides is 2. The van der Waals surface area contributed by atoms with E-state index in [9.17, 15) is 19.1 Å². The van der Waals surface area contributed by atoms with Crippen LogP contribution in [0, 0.1) is 18.7 Å². The number of hydrogen-bond donors (Lipinski definition) is 1. The van der Waals surface area contributed by atoms with E-state index >= 15 is 0 Å². The van der Waals surface area contributed by atoms with Crippen LogP contribution < -0.4 is 0 Å². The zero-order chi connectivity index (χ0) is 19.8. The Labute approximate surface area is 163 Å². The van der Waals surface area contributed by atoms with Gasteiger partial charge in [-0.15, -0.1) is 0 Å². The predicted molar refractivity (Wildman–Crippen MR) is 103 cm³/mol. The quantitative estimate of drug-likeness (QED) is 0.887. The Morgan fingerprint density at radius 3 is 2.21 bits per heavy atom. The summed E-state index contributed by atoms with van der Waals surface area (Å²) in [7, 11) is 0. The molecule has 1 heterocycles. The van der Waals surface area contributed by atoms with Crippen molar-refractivity contribution < 1.29 is 19.1 Å². The molecular weight excluding hydrogens is 359 g/mol. The fourth-order valence-electron chi connectivity index (χ4n) is 3.69. The minimum atomic E-state index is -0.493. The number of aryl methyl sites for hydroxylation is 1. The smallest absolute Gasteiger partial charge is 0.253 e. The molecule has 2 aromatic carbocycles. The fourth-order valence-corrected chi connectivity index (χ4v) is 3.69. The van der Waals surface area contributed by atoms with E-state index in [0.717, 1.165) is 16.7 Å². The van der Waals surface area contributed by atoms with Crippen molar-refractivity contribution in [2.75, 3.05) is 26.2 Å². The molecule has 5 nitrogen and oxygen atoms in total. The summed E-state index contributed by atoms with van der Waals surface area (Å²) < 4.78 is 13.5. The standard InChI is InChI=1S/C22H23FN2O3/c1-14-2-7-17(23)12-18(14)15-3-5-16(6-4-15)21(27)24-8-10-25(11-9-24)22(28)19-13-20(19)26/h2-7,12,19-20,26H,8-11,13H2,1H3. The molecule has 1 saturated carbocycles. The maximum Gasteiger partial charge on any atom is 0.253 e. The van der Waals surface area contributed by atoms with Gasteiger partial charge >= 0.3 is 0 Å². The molecule has 0 radical (unpaired) electrons. The minimum absolute atomic E-state index is 0.00517. The lowest BCUT2D eigenvalue weighted by molar-refractivity contribution is -0.134. The lowest BCUT2D eigenvalue weighted by Crippen LogP contribution is -2.51. The van der Waals surface area contributed by atoms with Crippen molar-refractivity contribution in [3.05, 3.63) is 59.4 Å². The molecule has 28 heavy (non-hydrogen) atoms. The first kappa shape index (κ1) is 18.6. The SMILES string of the molecule is Cc1ccc(F)cc1-c1ccc(C(=O)N2CCN(C(=O)C3CC3O)CC2)cc1. The summed E-state index contributed by atoms with van der Waals surface area (Å²) in [5, 5.41) is 9.42. The molecule has 146 valence electrons. The van der Waals surface area contributed by atoms with Gasteiger partial charge in [-0.3, -0.25) is 9.59 Å². The van der Waals surface area contributed by atoms with Crippen molar-refractivity contribution in [2.45, 2.75) is 19.4 Å². The van der Waals surface area contributed by atoms with E-state index in [-0.39, 0.29) is 23.5 Å². The molecule has 0 bridgehead atoms. The maximum absolute atomic E-state index is 13.5. The van der Waals surface area contributed by atoms with Gasteiger partial charge in [-0.25, -0.2) is 4.39 Å². The molecule has 1 N–H and O–H groups in total. The van der Waals surface area contributed by atoms with Crippen LogP contribution in [-0.2, 0) is 4.79 Å². The van der Waals surface area contributed by atoms with Crippen molar-refractivity contribution in [3.63, 3.8) is 0 Å². The molecule has 1 aliphatic heterocycles. The van der Waals surface area contributed by atoms with E-state index in [1.54, 1.807) is 28.0 Å². The number of aliphatic hydroxyl groups excluding tert-OH is 1. The van der Waals surface area contributed by atoms with Gasteiger partial charge in [0.25, 0.3) is 5.91 Å². The Morgan fingerprint density at radius 2 is 1.61 bits per heavy atom. The van der Waals surface area contributed by atoms with Crippen molar-refractivity contribution in [1.82, 2.24) is 9.80 Å². The van der Waals surface area contributed by atoms with Crippen LogP contribution in [0.4, 0.5) is 4.39 Å². The number of hydrogen-bond acceptors (Lipinski definition) is 3. The highest BCUT2D eigenvalue weighted by Crippen LogP contribution is 2.32. The minimum Gasteiger partial charge on any atom is -0.392 e. The number of carbonyl (C=O) groups is 2. The Hall–Kier alpha value is -2.73. The Morgan fingerprint density at radius 1 is 1.00 bits per heavy atom. The summed E-state index contributed by atoms with van der Waals surface area (Å²) in [4.78, 5) is 28.4. The first-order valence-electron chi connectivity index (χ1n) is 9.57. The zero-order valence-electron chi connectivity index (χ0n) is 15.8.